The summed E-state index contributed by atoms with van der Waals surface area (Å²) >= 11 is 0. The molecule has 3 aliphatic rings. The summed E-state index contributed by atoms with van der Waals surface area (Å²) in [6.07, 6.45) is 0.734. The van der Waals surface area contributed by atoms with Gasteiger partial charge >= 0.3 is 0 Å². The number of benzene rings is 1. The number of likely N-dealkylation sites (N-methyl/N-ethyl adjacent to an activating group) is 1. The molecule has 1 unspecified atom stereocenters. The molecule has 2 amide bonds. The molecule has 3 atom stereocenters. The van der Waals surface area contributed by atoms with Gasteiger partial charge in [-0.2, -0.15) is 0 Å². The first-order valence-corrected chi connectivity index (χ1v) is 10.9. The Kier molecular flexibility index (Phi) is 6.22. The van der Waals surface area contributed by atoms with E-state index in [-0.39, 0.29) is 42.8 Å². The molecule has 4 rings (SSSR count). The molecule has 9 heteroatoms. The summed E-state index contributed by atoms with van der Waals surface area (Å²) in [4.78, 5) is 27.2. The van der Waals surface area contributed by atoms with Gasteiger partial charge in [0.2, 0.25) is 11.8 Å². The van der Waals surface area contributed by atoms with Gasteiger partial charge in [-0.15, -0.1) is 0 Å². The van der Waals surface area contributed by atoms with Crippen molar-refractivity contribution in [2.75, 3.05) is 13.1 Å². The highest BCUT2D eigenvalue weighted by molar-refractivity contribution is 6.06. The number of amidine groups is 1. The first-order chi connectivity index (χ1) is 14.9. The number of carbonyl (C=O) groups excluding carboxylic acids is 2. The lowest BCUT2D eigenvalue weighted by atomic mass is 10.0. The van der Waals surface area contributed by atoms with Gasteiger partial charge in [-0.3, -0.25) is 25.2 Å². The fraction of sp³-hybridized carbons (Fsp3) is 0.591. The van der Waals surface area contributed by atoms with E-state index in [0.717, 1.165) is 30.4 Å². The van der Waals surface area contributed by atoms with Gasteiger partial charge in [0.25, 0.3) is 6.43 Å². The van der Waals surface area contributed by atoms with Crippen molar-refractivity contribution < 1.29 is 23.1 Å². The first kappa shape index (κ1) is 21.7. The molecule has 0 bridgehead atoms. The van der Waals surface area contributed by atoms with Crippen LogP contribution < -0.4 is 10.1 Å². The quantitative estimate of drug-likeness (QED) is 0.644. The van der Waals surface area contributed by atoms with Crippen LogP contribution in [0.2, 0.25) is 0 Å². The standard InChI is InChI=1S/C22H28F2N4O3/c1-2-27(12-19(23)24)16-4-3-5-18(16)31-14-6-7-15-13(10-14)11-28(21(15)25)17-8-9-20(29)26-22(17)30/h6-7,10,16-19,25H,2-5,8-9,11-12H2,1H3,(H,26,29,30)/t16-,17?,18-/m0/s1. The summed E-state index contributed by atoms with van der Waals surface area (Å²) in [6.45, 7) is 2.60. The average Bonchev–Trinajstić information content (AvgIpc) is 3.30. The molecular weight excluding hydrogens is 406 g/mol. The van der Waals surface area contributed by atoms with Crippen molar-refractivity contribution >= 4 is 17.6 Å². The Balaban J connectivity index is 1.46. The number of nitrogens with zero attached hydrogens (tertiary/aromatic N) is 2. The first-order valence-electron chi connectivity index (χ1n) is 10.9. The van der Waals surface area contributed by atoms with Crippen molar-refractivity contribution in [3.8, 4) is 5.75 Å². The molecule has 1 saturated heterocycles. The Morgan fingerprint density at radius 2 is 2.10 bits per heavy atom. The van der Waals surface area contributed by atoms with Gasteiger partial charge in [-0.25, -0.2) is 8.78 Å². The number of rotatable bonds is 7. The van der Waals surface area contributed by atoms with Crippen LogP contribution in [0.4, 0.5) is 8.78 Å². The Labute approximate surface area is 180 Å². The average molecular weight is 434 g/mol. The molecule has 0 aromatic heterocycles. The van der Waals surface area contributed by atoms with Crippen LogP contribution in [0, 0.1) is 5.41 Å². The molecule has 1 aliphatic carbocycles. The molecule has 2 fully saturated rings. The van der Waals surface area contributed by atoms with Crippen LogP contribution in [0.5, 0.6) is 5.75 Å². The number of ether oxygens (including phenoxy) is 1. The SMILES string of the molecule is CCN(CC(F)F)[C@H]1CCC[C@@H]1Oc1ccc2c(c1)CN(C1CCC(=O)NC1=O)C2=N. The highest BCUT2D eigenvalue weighted by atomic mass is 19.3. The van der Waals surface area contributed by atoms with Crippen LogP contribution in [-0.4, -0.2) is 65.2 Å². The van der Waals surface area contributed by atoms with E-state index in [0.29, 0.717) is 25.3 Å². The third-order valence-electron chi connectivity index (χ3n) is 6.50. The third kappa shape index (κ3) is 4.42. The molecule has 1 aromatic rings. The van der Waals surface area contributed by atoms with E-state index in [1.165, 1.54) is 0 Å². The van der Waals surface area contributed by atoms with Crippen molar-refractivity contribution in [1.29, 1.82) is 5.41 Å². The maximum Gasteiger partial charge on any atom is 0.251 e. The number of hydrogen-bond acceptors (Lipinski definition) is 5. The van der Waals surface area contributed by atoms with Crippen LogP contribution in [0.25, 0.3) is 0 Å². The lowest BCUT2D eigenvalue weighted by Crippen LogP contribution is -2.52. The minimum atomic E-state index is -2.37. The van der Waals surface area contributed by atoms with Crippen molar-refractivity contribution in [2.45, 2.75) is 70.2 Å². The van der Waals surface area contributed by atoms with Crippen molar-refractivity contribution in [2.24, 2.45) is 0 Å². The van der Waals surface area contributed by atoms with E-state index in [2.05, 4.69) is 5.32 Å². The fourth-order valence-electron chi connectivity index (χ4n) is 4.98. The second-order valence-electron chi connectivity index (χ2n) is 8.40. The molecule has 7 nitrogen and oxygen atoms in total. The number of imide groups is 1. The molecule has 31 heavy (non-hydrogen) atoms. The second-order valence-corrected chi connectivity index (χ2v) is 8.40. The highest BCUT2D eigenvalue weighted by Crippen LogP contribution is 2.33. The van der Waals surface area contributed by atoms with E-state index in [1.807, 2.05) is 19.1 Å². The van der Waals surface area contributed by atoms with Gasteiger partial charge in [-0.1, -0.05) is 6.92 Å². The van der Waals surface area contributed by atoms with Crippen LogP contribution in [0.3, 0.4) is 0 Å². The zero-order valence-corrected chi connectivity index (χ0v) is 17.6. The second kappa shape index (κ2) is 8.90. The summed E-state index contributed by atoms with van der Waals surface area (Å²) < 4.78 is 32.1. The van der Waals surface area contributed by atoms with Crippen molar-refractivity contribution in [1.82, 2.24) is 15.1 Å². The largest absolute Gasteiger partial charge is 0.489 e. The summed E-state index contributed by atoms with van der Waals surface area (Å²) in [6, 6.07) is 4.94. The molecule has 1 saturated carbocycles. The zero-order valence-electron chi connectivity index (χ0n) is 17.6. The minimum absolute atomic E-state index is 0.0366. The molecule has 2 heterocycles. The van der Waals surface area contributed by atoms with Crippen LogP contribution >= 0.6 is 0 Å². The number of alkyl halides is 2. The normalized spacial score (nSPS) is 26.0. The van der Waals surface area contributed by atoms with E-state index >= 15 is 0 Å². The predicted octanol–water partition coefficient (Wildman–Crippen LogP) is 2.52. The topological polar surface area (TPSA) is 85.7 Å². The molecule has 0 radical (unpaired) electrons. The van der Waals surface area contributed by atoms with Crippen LogP contribution in [0.15, 0.2) is 18.2 Å². The Hall–Kier alpha value is -2.55. The van der Waals surface area contributed by atoms with Gasteiger partial charge in [0, 0.05) is 24.6 Å². The predicted molar refractivity (Wildman–Crippen MR) is 110 cm³/mol. The summed E-state index contributed by atoms with van der Waals surface area (Å²) in [7, 11) is 0. The molecule has 2 aliphatic heterocycles. The molecular formula is C22H28F2N4O3. The zero-order chi connectivity index (χ0) is 22.1. The Morgan fingerprint density at radius 3 is 2.81 bits per heavy atom. The highest BCUT2D eigenvalue weighted by Gasteiger charge is 2.38. The van der Waals surface area contributed by atoms with Gasteiger partial charge < -0.3 is 9.64 Å². The van der Waals surface area contributed by atoms with Gasteiger partial charge in [-0.05, 0) is 56.0 Å². The van der Waals surface area contributed by atoms with Crippen LogP contribution in [0.1, 0.15) is 50.2 Å². The van der Waals surface area contributed by atoms with Crippen LogP contribution in [-0.2, 0) is 16.1 Å². The molecule has 2 N–H and O–H groups in total. The number of nitrogens with one attached hydrogen (secondary N) is 2. The number of hydrogen-bond donors (Lipinski definition) is 2. The lowest BCUT2D eigenvalue weighted by molar-refractivity contribution is -0.136. The minimum Gasteiger partial charge on any atom is -0.489 e. The molecule has 168 valence electrons. The number of carbonyl (C=O) groups is 2. The van der Waals surface area contributed by atoms with Gasteiger partial charge in [0.05, 0.1) is 6.54 Å². The lowest BCUT2D eigenvalue weighted by Gasteiger charge is -2.32. The number of halogens is 2. The Bertz CT molecular complexity index is 878. The maximum absolute atomic E-state index is 13.0. The monoisotopic (exact) mass is 434 g/mol. The van der Waals surface area contributed by atoms with E-state index in [1.54, 1.807) is 15.9 Å². The number of piperidine rings is 1. The smallest absolute Gasteiger partial charge is 0.251 e. The summed E-state index contributed by atoms with van der Waals surface area (Å²) in [5, 5.41) is 10.8. The van der Waals surface area contributed by atoms with Crippen molar-refractivity contribution in [3.05, 3.63) is 29.3 Å². The van der Waals surface area contributed by atoms with Gasteiger partial charge in [0.1, 0.15) is 23.7 Å². The number of amides is 2. The Morgan fingerprint density at radius 1 is 1.29 bits per heavy atom. The number of fused-ring (bicyclic) bond motifs is 1. The van der Waals surface area contributed by atoms with E-state index in [9.17, 15) is 18.4 Å². The van der Waals surface area contributed by atoms with E-state index in [4.69, 9.17) is 10.1 Å². The van der Waals surface area contributed by atoms with Gasteiger partial charge in [0.15, 0.2) is 0 Å². The summed E-state index contributed by atoms with van der Waals surface area (Å²) in [5.41, 5.74) is 1.63. The maximum atomic E-state index is 13.0. The third-order valence-corrected chi connectivity index (χ3v) is 6.50. The molecule has 0 spiro atoms. The van der Waals surface area contributed by atoms with E-state index < -0.39 is 12.5 Å². The van der Waals surface area contributed by atoms with Crippen molar-refractivity contribution in [3.63, 3.8) is 0 Å². The molecule has 1 aromatic carbocycles. The fourth-order valence-corrected chi connectivity index (χ4v) is 4.98. The summed E-state index contributed by atoms with van der Waals surface area (Å²) in [5.74, 6) is 0.280.